The number of hydrogen-bond acceptors (Lipinski definition) is 5. The number of aryl methyl sites for hydroxylation is 1. The lowest BCUT2D eigenvalue weighted by molar-refractivity contribution is 0.0273. The standard InChI is InChI=1S/C14H23N3O2S/c1-2-12-13(20-17-16-12)14(18)15-9-6-10-19-11-7-4-3-5-8-11/h11H,2-10H2,1H3,(H,15,18). The molecule has 0 spiro atoms. The minimum Gasteiger partial charge on any atom is -0.378 e. The predicted octanol–water partition coefficient (Wildman–Crippen LogP) is 2.57. The quantitative estimate of drug-likeness (QED) is 0.786. The SMILES string of the molecule is CCc1nnsc1C(=O)NCCCOC1CCCCC1. The Kier molecular flexibility index (Phi) is 6.39. The fourth-order valence-electron chi connectivity index (χ4n) is 2.45. The first-order valence-electron chi connectivity index (χ1n) is 7.52. The van der Waals surface area contributed by atoms with Gasteiger partial charge in [0, 0.05) is 13.2 Å². The molecule has 1 aromatic heterocycles. The minimum absolute atomic E-state index is 0.0606. The number of aromatic nitrogens is 2. The van der Waals surface area contributed by atoms with E-state index < -0.39 is 0 Å². The molecule has 0 radical (unpaired) electrons. The number of nitrogens with one attached hydrogen (secondary N) is 1. The average Bonchev–Trinajstić information content (AvgIpc) is 2.96. The van der Waals surface area contributed by atoms with Gasteiger partial charge in [-0.15, -0.1) is 5.10 Å². The van der Waals surface area contributed by atoms with Gasteiger partial charge in [0.2, 0.25) is 0 Å². The Morgan fingerprint density at radius 1 is 1.40 bits per heavy atom. The second kappa shape index (κ2) is 8.32. The molecule has 0 aliphatic heterocycles. The first kappa shape index (κ1) is 15.4. The van der Waals surface area contributed by atoms with Crippen LogP contribution in [0.2, 0.25) is 0 Å². The minimum atomic E-state index is -0.0606. The molecule has 1 N–H and O–H groups in total. The number of nitrogens with zero attached hydrogens (tertiary/aromatic N) is 2. The van der Waals surface area contributed by atoms with Crippen molar-refractivity contribution in [3.63, 3.8) is 0 Å². The summed E-state index contributed by atoms with van der Waals surface area (Å²) < 4.78 is 9.65. The van der Waals surface area contributed by atoms with Crippen LogP contribution in [0.15, 0.2) is 0 Å². The van der Waals surface area contributed by atoms with Crippen LogP contribution >= 0.6 is 11.5 Å². The van der Waals surface area contributed by atoms with E-state index in [-0.39, 0.29) is 5.91 Å². The Morgan fingerprint density at radius 2 is 2.20 bits per heavy atom. The van der Waals surface area contributed by atoms with Gasteiger partial charge in [0.05, 0.1) is 11.8 Å². The molecule has 0 atom stereocenters. The van der Waals surface area contributed by atoms with E-state index in [0.717, 1.165) is 36.7 Å². The molecule has 6 heteroatoms. The van der Waals surface area contributed by atoms with Crippen LogP contribution in [-0.2, 0) is 11.2 Å². The lowest BCUT2D eigenvalue weighted by atomic mass is 9.98. The molecule has 2 rings (SSSR count). The zero-order valence-corrected chi connectivity index (χ0v) is 12.9. The summed E-state index contributed by atoms with van der Waals surface area (Å²) in [5.41, 5.74) is 0.783. The van der Waals surface area contributed by atoms with Crippen LogP contribution in [-0.4, -0.2) is 34.7 Å². The Labute approximate surface area is 124 Å². The van der Waals surface area contributed by atoms with Gasteiger partial charge in [0.15, 0.2) is 0 Å². The van der Waals surface area contributed by atoms with Crippen molar-refractivity contribution < 1.29 is 9.53 Å². The van der Waals surface area contributed by atoms with Crippen LogP contribution < -0.4 is 5.32 Å². The molecule has 1 aromatic rings. The Morgan fingerprint density at radius 3 is 2.95 bits per heavy atom. The first-order valence-corrected chi connectivity index (χ1v) is 8.29. The fourth-order valence-corrected chi connectivity index (χ4v) is 3.12. The Hall–Kier alpha value is -1.01. The predicted molar refractivity (Wildman–Crippen MR) is 79.1 cm³/mol. The van der Waals surface area contributed by atoms with Crippen LogP contribution in [0.25, 0.3) is 0 Å². The number of amides is 1. The van der Waals surface area contributed by atoms with E-state index in [1.54, 1.807) is 0 Å². The molecule has 20 heavy (non-hydrogen) atoms. The molecule has 5 nitrogen and oxygen atoms in total. The van der Waals surface area contributed by atoms with Crippen molar-refractivity contribution in [2.45, 2.75) is 58.0 Å². The number of carbonyl (C=O) groups excluding carboxylic acids is 1. The molecule has 1 heterocycles. The Balaban J connectivity index is 1.59. The van der Waals surface area contributed by atoms with E-state index in [1.807, 2.05) is 6.92 Å². The zero-order valence-electron chi connectivity index (χ0n) is 12.1. The largest absolute Gasteiger partial charge is 0.378 e. The number of ether oxygens (including phenoxy) is 1. The highest BCUT2D eigenvalue weighted by atomic mass is 32.1. The molecule has 1 fully saturated rings. The number of hydrogen-bond donors (Lipinski definition) is 1. The lowest BCUT2D eigenvalue weighted by Gasteiger charge is -2.21. The van der Waals surface area contributed by atoms with Gasteiger partial charge in [0.25, 0.3) is 5.91 Å². The Bertz CT molecular complexity index is 416. The molecule has 1 aliphatic carbocycles. The summed E-state index contributed by atoms with van der Waals surface area (Å²) in [6.45, 7) is 3.35. The van der Waals surface area contributed by atoms with Gasteiger partial charge < -0.3 is 10.1 Å². The fraction of sp³-hybridized carbons (Fsp3) is 0.786. The molecular weight excluding hydrogens is 274 g/mol. The van der Waals surface area contributed by atoms with E-state index in [0.29, 0.717) is 17.5 Å². The van der Waals surface area contributed by atoms with Gasteiger partial charge in [-0.25, -0.2) is 0 Å². The third-order valence-corrected chi connectivity index (χ3v) is 4.38. The van der Waals surface area contributed by atoms with E-state index in [1.165, 1.54) is 32.1 Å². The highest BCUT2D eigenvalue weighted by molar-refractivity contribution is 7.08. The summed E-state index contributed by atoms with van der Waals surface area (Å²) >= 11 is 1.16. The van der Waals surface area contributed by atoms with Gasteiger partial charge in [-0.1, -0.05) is 30.7 Å². The van der Waals surface area contributed by atoms with Crippen molar-refractivity contribution in [1.29, 1.82) is 0 Å². The van der Waals surface area contributed by atoms with Crippen molar-refractivity contribution in [1.82, 2.24) is 14.9 Å². The van der Waals surface area contributed by atoms with Crippen LogP contribution in [0.1, 0.15) is 60.8 Å². The van der Waals surface area contributed by atoms with Gasteiger partial charge >= 0.3 is 0 Å². The smallest absolute Gasteiger partial charge is 0.264 e. The molecule has 0 bridgehead atoms. The molecule has 0 unspecified atom stereocenters. The second-order valence-electron chi connectivity index (χ2n) is 5.14. The molecule has 0 saturated heterocycles. The van der Waals surface area contributed by atoms with Crippen molar-refractivity contribution in [2.75, 3.05) is 13.2 Å². The summed E-state index contributed by atoms with van der Waals surface area (Å²) in [6.07, 6.45) is 8.35. The first-order chi connectivity index (χ1) is 9.81. The second-order valence-corrected chi connectivity index (χ2v) is 5.90. The van der Waals surface area contributed by atoms with Crippen LogP contribution in [0.3, 0.4) is 0 Å². The summed E-state index contributed by atoms with van der Waals surface area (Å²) in [6, 6.07) is 0. The van der Waals surface area contributed by atoms with Crippen LogP contribution in [0.5, 0.6) is 0 Å². The normalized spacial score (nSPS) is 16.2. The topological polar surface area (TPSA) is 64.1 Å². The maximum absolute atomic E-state index is 11.9. The third kappa shape index (κ3) is 4.52. The van der Waals surface area contributed by atoms with Crippen molar-refractivity contribution >= 4 is 17.4 Å². The average molecular weight is 297 g/mol. The molecule has 112 valence electrons. The van der Waals surface area contributed by atoms with Crippen molar-refractivity contribution in [3.05, 3.63) is 10.6 Å². The maximum atomic E-state index is 11.9. The zero-order chi connectivity index (χ0) is 14.2. The van der Waals surface area contributed by atoms with E-state index >= 15 is 0 Å². The summed E-state index contributed by atoms with van der Waals surface area (Å²) in [5.74, 6) is -0.0606. The highest BCUT2D eigenvalue weighted by Crippen LogP contribution is 2.20. The highest BCUT2D eigenvalue weighted by Gasteiger charge is 2.15. The van der Waals surface area contributed by atoms with Crippen molar-refractivity contribution in [3.8, 4) is 0 Å². The van der Waals surface area contributed by atoms with Crippen LogP contribution in [0, 0.1) is 0 Å². The lowest BCUT2D eigenvalue weighted by Crippen LogP contribution is -2.26. The number of carbonyl (C=O) groups is 1. The summed E-state index contributed by atoms with van der Waals surface area (Å²) in [7, 11) is 0. The maximum Gasteiger partial charge on any atom is 0.264 e. The van der Waals surface area contributed by atoms with Gasteiger partial charge in [-0.3, -0.25) is 4.79 Å². The van der Waals surface area contributed by atoms with Gasteiger partial charge in [0.1, 0.15) is 4.88 Å². The molecular formula is C14H23N3O2S. The molecule has 1 saturated carbocycles. The summed E-state index contributed by atoms with van der Waals surface area (Å²) in [5, 5.41) is 6.85. The molecule has 0 aromatic carbocycles. The molecule has 1 aliphatic rings. The van der Waals surface area contributed by atoms with Gasteiger partial charge in [-0.2, -0.15) is 0 Å². The summed E-state index contributed by atoms with van der Waals surface area (Å²) in [4.78, 5) is 12.6. The third-order valence-electron chi connectivity index (χ3n) is 3.61. The van der Waals surface area contributed by atoms with E-state index in [4.69, 9.17) is 4.74 Å². The van der Waals surface area contributed by atoms with Crippen LogP contribution in [0.4, 0.5) is 0 Å². The van der Waals surface area contributed by atoms with Crippen molar-refractivity contribution in [2.24, 2.45) is 0 Å². The monoisotopic (exact) mass is 297 g/mol. The number of rotatable bonds is 7. The molecule has 1 amide bonds. The van der Waals surface area contributed by atoms with E-state index in [2.05, 4.69) is 14.9 Å². The van der Waals surface area contributed by atoms with E-state index in [9.17, 15) is 4.79 Å². The van der Waals surface area contributed by atoms with Gasteiger partial charge in [-0.05, 0) is 37.2 Å².